The zero-order chi connectivity index (χ0) is 13.6. The third-order valence-electron chi connectivity index (χ3n) is 3.06. The van der Waals surface area contributed by atoms with Crippen molar-refractivity contribution < 1.29 is 9.47 Å². The molecule has 0 radical (unpaired) electrons. The molecule has 102 valence electrons. The van der Waals surface area contributed by atoms with Gasteiger partial charge in [-0.05, 0) is 19.8 Å². The van der Waals surface area contributed by atoms with Crippen LogP contribution in [0, 0.1) is 0 Å². The summed E-state index contributed by atoms with van der Waals surface area (Å²) >= 11 is 0. The highest BCUT2D eigenvalue weighted by molar-refractivity contribution is 5.31. The second kappa shape index (κ2) is 6.66. The molecule has 1 heterocycles. The highest BCUT2D eigenvalue weighted by Gasteiger charge is 2.32. The molecule has 1 aromatic heterocycles. The third kappa shape index (κ3) is 3.17. The van der Waals surface area contributed by atoms with E-state index < -0.39 is 5.60 Å². The van der Waals surface area contributed by atoms with Gasteiger partial charge in [0.25, 0.3) is 0 Å². The Kier molecular flexibility index (Phi) is 5.50. The first kappa shape index (κ1) is 14.9. The van der Waals surface area contributed by atoms with Crippen molar-refractivity contribution in [3.8, 4) is 0 Å². The van der Waals surface area contributed by atoms with Crippen LogP contribution in [0.3, 0.4) is 0 Å². The number of anilines is 1. The Morgan fingerprint density at radius 3 is 2.39 bits per heavy atom. The zero-order valence-electron chi connectivity index (χ0n) is 11.7. The molecule has 0 aromatic carbocycles. The molecule has 0 amide bonds. The molecule has 1 rings (SSSR count). The Bertz CT molecular complexity index is 378. The van der Waals surface area contributed by atoms with E-state index in [1.807, 2.05) is 6.92 Å². The van der Waals surface area contributed by atoms with E-state index >= 15 is 0 Å². The fourth-order valence-corrected chi connectivity index (χ4v) is 2.06. The number of nitrogens with zero attached hydrogens (tertiary/aromatic N) is 2. The average molecular weight is 253 g/mol. The summed E-state index contributed by atoms with van der Waals surface area (Å²) in [5, 5.41) is 0. The van der Waals surface area contributed by atoms with Crippen LogP contribution in [0.5, 0.6) is 0 Å². The van der Waals surface area contributed by atoms with Crippen molar-refractivity contribution in [3.63, 3.8) is 0 Å². The van der Waals surface area contributed by atoms with Gasteiger partial charge in [0.1, 0.15) is 11.4 Å². The van der Waals surface area contributed by atoms with Gasteiger partial charge in [-0.25, -0.2) is 9.97 Å². The van der Waals surface area contributed by atoms with Crippen LogP contribution in [-0.4, -0.2) is 23.7 Å². The molecular formula is C13H23N3O2. The standard InChI is InChI=1S/C13H23N3O2/c1-5-13(6-2,18-7-3)12-15-10(9-17-4)8-11(14)16-12/h8H,5-7,9H2,1-4H3,(H2,14,15,16). The lowest BCUT2D eigenvalue weighted by Gasteiger charge is -2.30. The van der Waals surface area contributed by atoms with Crippen molar-refractivity contribution in [1.29, 1.82) is 0 Å². The number of hydrogen-bond acceptors (Lipinski definition) is 5. The van der Waals surface area contributed by atoms with Crippen molar-refractivity contribution in [3.05, 3.63) is 17.6 Å². The van der Waals surface area contributed by atoms with Crippen LogP contribution in [0.1, 0.15) is 45.1 Å². The second-order valence-corrected chi connectivity index (χ2v) is 4.18. The first-order valence-electron chi connectivity index (χ1n) is 6.38. The molecule has 0 atom stereocenters. The molecule has 0 bridgehead atoms. The molecular weight excluding hydrogens is 230 g/mol. The van der Waals surface area contributed by atoms with Crippen LogP contribution in [-0.2, 0) is 21.7 Å². The number of aromatic nitrogens is 2. The molecule has 0 fully saturated rings. The van der Waals surface area contributed by atoms with Crippen LogP contribution in [0.25, 0.3) is 0 Å². The summed E-state index contributed by atoms with van der Waals surface area (Å²) in [6.45, 7) is 7.17. The predicted octanol–water partition coefficient (Wildman–Crippen LogP) is 2.26. The van der Waals surface area contributed by atoms with Crippen molar-refractivity contribution >= 4 is 5.82 Å². The molecule has 5 nitrogen and oxygen atoms in total. The number of methoxy groups -OCH3 is 1. The minimum Gasteiger partial charge on any atom is -0.384 e. The van der Waals surface area contributed by atoms with Crippen LogP contribution in [0.4, 0.5) is 5.82 Å². The maximum Gasteiger partial charge on any atom is 0.162 e. The molecule has 0 aliphatic carbocycles. The van der Waals surface area contributed by atoms with E-state index in [9.17, 15) is 0 Å². The van der Waals surface area contributed by atoms with Gasteiger partial charge in [0.2, 0.25) is 0 Å². The minimum absolute atomic E-state index is 0.426. The first-order valence-corrected chi connectivity index (χ1v) is 6.38. The smallest absolute Gasteiger partial charge is 0.162 e. The SMILES string of the molecule is CCOC(CC)(CC)c1nc(N)cc(COC)n1. The molecule has 2 N–H and O–H groups in total. The van der Waals surface area contributed by atoms with Gasteiger partial charge in [-0.3, -0.25) is 0 Å². The van der Waals surface area contributed by atoms with E-state index in [0.29, 0.717) is 24.9 Å². The van der Waals surface area contributed by atoms with Gasteiger partial charge in [-0.1, -0.05) is 13.8 Å². The van der Waals surface area contributed by atoms with Crippen LogP contribution in [0.15, 0.2) is 6.07 Å². The van der Waals surface area contributed by atoms with Crippen molar-refractivity contribution in [2.45, 2.75) is 45.8 Å². The van der Waals surface area contributed by atoms with E-state index in [1.54, 1.807) is 13.2 Å². The molecule has 0 spiro atoms. The highest BCUT2D eigenvalue weighted by atomic mass is 16.5. The fourth-order valence-electron chi connectivity index (χ4n) is 2.06. The summed E-state index contributed by atoms with van der Waals surface area (Å²) in [7, 11) is 1.63. The fraction of sp³-hybridized carbons (Fsp3) is 0.692. The lowest BCUT2D eigenvalue weighted by Crippen LogP contribution is -2.31. The van der Waals surface area contributed by atoms with Gasteiger partial charge in [0.05, 0.1) is 12.3 Å². The normalized spacial score (nSPS) is 11.8. The van der Waals surface area contributed by atoms with E-state index in [0.717, 1.165) is 18.5 Å². The molecule has 18 heavy (non-hydrogen) atoms. The quantitative estimate of drug-likeness (QED) is 0.807. The Labute approximate surface area is 109 Å². The van der Waals surface area contributed by atoms with E-state index in [1.165, 1.54) is 0 Å². The van der Waals surface area contributed by atoms with Gasteiger partial charge in [0.15, 0.2) is 5.82 Å². The lowest BCUT2D eigenvalue weighted by molar-refractivity contribution is -0.0573. The van der Waals surface area contributed by atoms with Gasteiger partial charge in [0, 0.05) is 19.8 Å². The van der Waals surface area contributed by atoms with Gasteiger partial charge in [-0.15, -0.1) is 0 Å². The Morgan fingerprint density at radius 1 is 1.22 bits per heavy atom. The molecule has 0 aliphatic rings. The van der Waals surface area contributed by atoms with Crippen molar-refractivity contribution in [1.82, 2.24) is 9.97 Å². The molecule has 5 heteroatoms. The summed E-state index contributed by atoms with van der Waals surface area (Å²) in [6, 6.07) is 1.73. The van der Waals surface area contributed by atoms with Gasteiger partial charge < -0.3 is 15.2 Å². The number of hydrogen-bond donors (Lipinski definition) is 1. The Hall–Kier alpha value is -1.20. The van der Waals surface area contributed by atoms with E-state index in [2.05, 4.69) is 23.8 Å². The lowest BCUT2D eigenvalue weighted by atomic mass is 9.95. The molecule has 0 aliphatic heterocycles. The summed E-state index contributed by atoms with van der Waals surface area (Å²) in [4.78, 5) is 8.85. The van der Waals surface area contributed by atoms with Crippen LogP contribution < -0.4 is 5.73 Å². The van der Waals surface area contributed by atoms with E-state index in [4.69, 9.17) is 15.2 Å². The first-order chi connectivity index (χ1) is 8.61. The van der Waals surface area contributed by atoms with Crippen LogP contribution in [0.2, 0.25) is 0 Å². The molecule has 0 unspecified atom stereocenters. The number of nitrogen functional groups attached to an aromatic ring is 1. The maximum absolute atomic E-state index is 5.88. The number of rotatable bonds is 7. The molecule has 1 aromatic rings. The zero-order valence-corrected chi connectivity index (χ0v) is 11.7. The average Bonchev–Trinajstić information content (AvgIpc) is 2.36. The van der Waals surface area contributed by atoms with Crippen molar-refractivity contribution in [2.24, 2.45) is 0 Å². The van der Waals surface area contributed by atoms with Crippen LogP contribution >= 0.6 is 0 Å². The van der Waals surface area contributed by atoms with Crippen molar-refractivity contribution in [2.75, 3.05) is 19.5 Å². The maximum atomic E-state index is 5.88. The number of ether oxygens (including phenoxy) is 2. The van der Waals surface area contributed by atoms with Gasteiger partial charge >= 0.3 is 0 Å². The summed E-state index contributed by atoms with van der Waals surface area (Å²) in [6.07, 6.45) is 1.63. The van der Waals surface area contributed by atoms with Gasteiger partial charge in [-0.2, -0.15) is 0 Å². The molecule has 0 saturated carbocycles. The number of nitrogens with two attached hydrogens (primary N) is 1. The monoisotopic (exact) mass is 253 g/mol. The largest absolute Gasteiger partial charge is 0.384 e. The highest BCUT2D eigenvalue weighted by Crippen LogP contribution is 2.31. The second-order valence-electron chi connectivity index (χ2n) is 4.18. The Morgan fingerprint density at radius 2 is 1.89 bits per heavy atom. The minimum atomic E-state index is -0.452. The topological polar surface area (TPSA) is 70.3 Å². The Balaban J connectivity index is 3.18. The summed E-state index contributed by atoms with van der Waals surface area (Å²) in [5.41, 5.74) is 6.16. The third-order valence-corrected chi connectivity index (χ3v) is 3.06. The van der Waals surface area contributed by atoms with E-state index in [-0.39, 0.29) is 0 Å². The predicted molar refractivity (Wildman–Crippen MR) is 71.0 cm³/mol. The molecule has 0 saturated heterocycles. The summed E-state index contributed by atoms with van der Waals surface area (Å²) < 4.78 is 11.0. The summed E-state index contributed by atoms with van der Waals surface area (Å²) in [5.74, 6) is 1.11.